The Morgan fingerprint density at radius 2 is 1.76 bits per heavy atom. The maximum Gasteiger partial charge on any atom is 0.417 e. The number of rotatable bonds is 4. The Bertz CT molecular complexity index is 1370. The molecule has 0 fully saturated rings. The molecular weight excluding hydrogens is 445 g/mol. The molecule has 33 heavy (non-hydrogen) atoms. The number of benzene rings is 2. The molecule has 5 rings (SSSR count). The zero-order chi connectivity index (χ0) is 23.0. The molecule has 2 aromatic carbocycles. The molecule has 0 amide bonds. The van der Waals surface area contributed by atoms with E-state index in [1.54, 1.807) is 29.5 Å². The molecule has 4 aromatic rings. The van der Waals surface area contributed by atoms with Crippen molar-refractivity contribution < 1.29 is 13.2 Å². The third-order valence-corrected chi connectivity index (χ3v) is 6.38. The van der Waals surface area contributed by atoms with E-state index in [4.69, 9.17) is 4.99 Å². The molecule has 8 heteroatoms. The third-order valence-electron chi connectivity index (χ3n) is 5.46. The summed E-state index contributed by atoms with van der Waals surface area (Å²) in [7, 11) is 0. The minimum absolute atomic E-state index is 0.0113. The third kappa shape index (κ3) is 4.14. The topological polar surface area (TPSA) is 50.2 Å². The van der Waals surface area contributed by atoms with Crippen molar-refractivity contribution in [1.29, 1.82) is 0 Å². The summed E-state index contributed by atoms with van der Waals surface area (Å²) in [6, 6.07) is 16.7. The van der Waals surface area contributed by atoms with Crippen LogP contribution in [0, 0.1) is 0 Å². The van der Waals surface area contributed by atoms with Gasteiger partial charge in [-0.15, -0.1) is 11.3 Å². The summed E-state index contributed by atoms with van der Waals surface area (Å²) in [5, 5.41) is 5.99. The van der Waals surface area contributed by atoms with E-state index in [0.29, 0.717) is 22.6 Å². The molecule has 1 aliphatic heterocycles. The van der Waals surface area contributed by atoms with Crippen molar-refractivity contribution in [3.05, 3.63) is 82.6 Å². The number of thiophene rings is 1. The van der Waals surface area contributed by atoms with E-state index in [1.807, 2.05) is 29.7 Å². The number of nitrogens with zero attached hydrogens (tertiary/aromatic N) is 3. The second-order valence-corrected chi connectivity index (χ2v) is 8.54. The number of aliphatic imine (C=N–C) groups is 1. The second kappa shape index (κ2) is 8.44. The van der Waals surface area contributed by atoms with Crippen LogP contribution < -0.4 is 5.32 Å². The van der Waals surface area contributed by atoms with Crippen LogP contribution >= 0.6 is 11.3 Å². The number of nitrogens with one attached hydrogen (secondary N) is 1. The highest BCUT2D eigenvalue weighted by atomic mass is 32.1. The Balaban J connectivity index is 1.60. The number of aromatic nitrogens is 2. The lowest BCUT2D eigenvalue weighted by molar-refractivity contribution is -0.137. The van der Waals surface area contributed by atoms with Crippen LogP contribution in [0.1, 0.15) is 23.8 Å². The number of amidine groups is 1. The molecule has 4 nitrogen and oxygen atoms in total. The van der Waals surface area contributed by atoms with E-state index in [-0.39, 0.29) is 17.4 Å². The highest BCUT2D eigenvalue weighted by Gasteiger charge is 2.34. The molecule has 1 atom stereocenters. The first-order chi connectivity index (χ1) is 15.9. The van der Waals surface area contributed by atoms with Crippen LogP contribution in [-0.4, -0.2) is 21.8 Å². The Morgan fingerprint density at radius 1 is 0.970 bits per heavy atom. The fourth-order valence-corrected chi connectivity index (χ4v) is 4.71. The Labute approximate surface area is 192 Å². The summed E-state index contributed by atoms with van der Waals surface area (Å²) in [6.07, 6.45) is -1.69. The molecular formula is C25H19F3N4S. The molecule has 0 spiro atoms. The van der Waals surface area contributed by atoms with Crippen molar-refractivity contribution in [3.63, 3.8) is 0 Å². The average molecular weight is 465 g/mol. The minimum atomic E-state index is -4.51. The molecule has 2 aromatic heterocycles. The fourth-order valence-electron chi connectivity index (χ4n) is 3.91. The quantitative estimate of drug-likeness (QED) is 0.352. The van der Waals surface area contributed by atoms with E-state index in [0.717, 1.165) is 22.9 Å². The van der Waals surface area contributed by atoms with Crippen LogP contribution in [0.2, 0.25) is 0 Å². The zero-order valence-corrected chi connectivity index (χ0v) is 18.4. The van der Waals surface area contributed by atoms with Crippen LogP contribution in [0.3, 0.4) is 0 Å². The molecule has 1 unspecified atom stereocenters. The van der Waals surface area contributed by atoms with Gasteiger partial charge in [-0.2, -0.15) is 13.2 Å². The normalized spacial score (nSPS) is 16.1. The standard InChI is InChI=1S/C25H19F3N4S/c1-2-19-17(21-12-7-13-33-21)14-22(29-19)31-24-16-9-4-6-11-20(16)30-23(32-24)15-8-3-5-10-18(15)25(26,27)28/h3-14,19H,2H2,1H3,(H,29,30,31,32). The lowest BCUT2D eigenvalue weighted by atomic mass is 10.1. The van der Waals surface area contributed by atoms with Gasteiger partial charge in [-0.05, 0) is 47.7 Å². The smallest absolute Gasteiger partial charge is 0.325 e. The second-order valence-electron chi connectivity index (χ2n) is 7.60. The Kier molecular flexibility index (Phi) is 5.46. The van der Waals surface area contributed by atoms with Gasteiger partial charge in [0.1, 0.15) is 11.7 Å². The predicted octanol–water partition coefficient (Wildman–Crippen LogP) is 7.06. The van der Waals surface area contributed by atoms with E-state index in [1.165, 1.54) is 12.1 Å². The molecule has 0 aliphatic carbocycles. The van der Waals surface area contributed by atoms with Gasteiger partial charge in [0.25, 0.3) is 0 Å². The minimum Gasteiger partial charge on any atom is -0.325 e. The van der Waals surface area contributed by atoms with E-state index >= 15 is 0 Å². The first kappa shape index (κ1) is 21.3. The number of para-hydroxylation sites is 1. The van der Waals surface area contributed by atoms with Crippen molar-refractivity contribution in [2.24, 2.45) is 4.99 Å². The average Bonchev–Trinajstić information content (AvgIpc) is 3.48. The maximum absolute atomic E-state index is 13.6. The summed E-state index contributed by atoms with van der Waals surface area (Å²) in [5.41, 5.74) is 0.842. The largest absolute Gasteiger partial charge is 0.417 e. The van der Waals surface area contributed by atoms with Crippen LogP contribution in [-0.2, 0) is 6.18 Å². The number of hydrogen-bond donors (Lipinski definition) is 1. The summed E-state index contributed by atoms with van der Waals surface area (Å²) in [5.74, 6) is 1.06. The van der Waals surface area contributed by atoms with Crippen LogP contribution in [0.25, 0.3) is 27.9 Å². The monoisotopic (exact) mass is 464 g/mol. The fraction of sp³-hybridized carbons (Fsp3) is 0.160. The molecule has 1 aliphatic rings. The van der Waals surface area contributed by atoms with Crippen molar-refractivity contribution >= 4 is 39.5 Å². The zero-order valence-electron chi connectivity index (χ0n) is 17.6. The van der Waals surface area contributed by atoms with Gasteiger partial charge >= 0.3 is 6.18 Å². The molecule has 166 valence electrons. The predicted molar refractivity (Wildman–Crippen MR) is 127 cm³/mol. The number of anilines is 1. The van der Waals surface area contributed by atoms with Gasteiger partial charge < -0.3 is 5.32 Å². The molecule has 0 saturated heterocycles. The molecule has 0 bridgehead atoms. The molecule has 1 N–H and O–H groups in total. The van der Waals surface area contributed by atoms with E-state index in [2.05, 4.69) is 28.3 Å². The van der Waals surface area contributed by atoms with Crippen molar-refractivity contribution in [2.45, 2.75) is 25.6 Å². The lowest BCUT2D eigenvalue weighted by Gasteiger charge is -2.14. The van der Waals surface area contributed by atoms with Gasteiger partial charge in [-0.1, -0.05) is 43.3 Å². The highest BCUT2D eigenvalue weighted by Crippen LogP contribution is 2.37. The SMILES string of the molecule is CCC1N=C(Nc2nc(-c3ccccc3C(F)(F)F)nc3ccccc23)C=C1c1cccs1. The molecule has 3 heterocycles. The number of alkyl halides is 3. The van der Waals surface area contributed by atoms with Crippen molar-refractivity contribution in [2.75, 3.05) is 5.32 Å². The van der Waals surface area contributed by atoms with Gasteiger partial charge in [0, 0.05) is 15.8 Å². The highest BCUT2D eigenvalue weighted by molar-refractivity contribution is 7.11. The van der Waals surface area contributed by atoms with Gasteiger partial charge in [-0.3, -0.25) is 4.99 Å². The first-order valence-electron chi connectivity index (χ1n) is 10.5. The van der Waals surface area contributed by atoms with Crippen molar-refractivity contribution in [3.8, 4) is 11.4 Å². The summed E-state index contributed by atoms with van der Waals surface area (Å²) in [4.78, 5) is 14.9. The van der Waals surface area contributed by atoms with Crippen LogP contribution in [0.15, 0.2) is 77.1 Å². The maximum atomic E-state index is 13.6. The van der Waals surface area contributed by atoms with Crippen LogP contribution in [0.5, 0.6) is 0 Å². The first-order valence-corrected chi connectivity index (χ1v) is 11.4. The van der Waals surface area contributed by atoms with Gasteiger partial charge in [0.05, 0.1) is 17.1 Å². The van der Waals surface area contributed by atoms with Gasteiger partial charge in [0.15, 0.2) is 5.82 Å². The summed E-state index contributed by atoms with van der Waals surface area (Å²) >= 11 is 1.65. The number of hydrogen-bond acceptors (Lipinski definition) is 5. The molecule has 0 saturated carbocycles. The number of halogens is 3. The Morgan fingerprint density at radius 3 is 2.52 bits per heavy atom. The molecule has 0 radical (unpaired) electrons. The van der Waals surface area contributed by atoms with Crippen molar-refractivity contribution in [1.82, 2.24) is 9.97 Å². The Hall–Kier alpha value is -3.52. The van der Waals surface area contributed by atoms with Crippen LogP contribution in [0.4, 0.5) is 19.0 Å². The van der Waals surface area contributed by atoms with E-state index < -0.39 is 11.7 Å². The van der Waals surface area contributed by atoms with E-state index in [9.17, 15) is 13.2 Å². The lowest BCUT2D eigenvalue weighted by Crippen LogP contribution is -2.12. The summed E-state index contributed by atoms with van der Waals surface area (Å²) in [6.45, 7) is 2.07. The van der Waals surface area contributed by atoms with Gasteiger partial charge in [-0.25, -0.2) is 9.97 Å². The van der Waals surface area contributed by atoms with Gasteiger partial charge in [0.2, 0.25) is 0 Å². The number of fused-ring (bicyclic) bond motifs is 1. The summed E-state index contributed by atoms with van der Waals surface area (Å²) < 4.78 is 40.9.